The normalized spacial score (nSPS) is 10.5. The molecule has 0 saturated heterocycles. The van der Waals surface area contributed by atoms with Crippen molar-refractivity contribution in [1.82, 2.24) is 10.5 Å². The monoisotopic (exact) mass is 377 g/mol. The standard InChI is InChI=1S/C22H23N3O3/c1-4-16-5-7-17(8-6-16)19-12-21(28-25-19)24-20(26)13-23-22(27)18-10-14(2)9-15(3)11-18/h5-12H,4,13H2,1-3H3,(H,23,27)(H,24,26). The van der Waals surface area contributed by atoms with E-state index in [0.717, 1.165) is 23.1 Å². The molecule has 0 atom stereocenters. The fraction of sp³-hybridized carbons (Fsp3) is 0.227. The fourth-order valence-electron chi connectivity index (χ4n) is 2.93. The molecule has 1 heterocycles. The summed E-state index contributed by atoms with van der Waals surface area (Å²) in [6.45, 7) is 5.78. The molecule has 6 heteroatoms. The highest BCUT2D eigenvalue weighted by molar-refractivity contribution is 5.99. The largest absolute Gasteiger partial charge is 0.343 e. The summed E-state index contributed by atoms with van der Waals surface area (Å²) in [7, 11) is 0. The lowest BCUT2D eigenvalue weighted by atomic mass is 10.1. The first-order chi connectivity index (χ1) is 13.4. The number of amides is 2. The second-order valence-electron chi connectivity index (χ2n) is 6.73. The van der Waals surface area contributed by atoms with Crippen molar-refractivity contribution < 1.29 is 14.1 Å². The van der Waals surface area contributed by atoms with Crippen LogP contribution in [0.15, 0.2) is 53.1 Å². The van der Waals surface area contributed by atoms with Crippen LogP contribution >= 0.6 is 0 Å². The summed E-state index contributed by atoms with van der Waals surface area (Å²) in [5.74, 6) is -0.446. The number of anilines is 1. The molecule has 0 spiro atoms. The Bertz CT molecular complexity index is 970. The summed E-state index contributed by atoms with van der Waals surface area (Å²) in [4.78, 5) is 24.3. The molecular weight excluding hydrogens is 354 g/mol. The molecule has 3 aromatic rings. The van der Waals surface area contributed by atoms with Crippen LogP contribution in [0, 0.1) is 13.8 Å². The van der Waals surface area contributed by atoms with Gasteiger partial charge in [0.05, 0.1) is 6.54 Å². The van der Waals surface area contributed by atoms with E-state index in [-0.39, 0.29) is 24.2 Å². The molecule has 0 fully saturated rings. The molecule has 2 amide bonds. The molecule has 0 saturated carbocycles. The molecule has 28 heavy (non-hydrogen) atoms. The first-order valence-corrected chi connectivity index (χ1v) is 9.17. The maximum atomic E-state index is 12.2. The van der Waals surface area contributed by atoms with E-state index < -0.39 is 0 Å². The average molecular weight is 377 g/mol. The molecule has 2 N–H and O–H groups in total. The van der Waals surface area contributed by atoms with Crippen molar-refractivity contribution in [3.05, 3.63) is 70.8 Å². The minimum Gasteiger partial charge on any atom is -0.343 e. The number of nitrogens with zero attached hydrogens (tertiary/aromatic N) is 1. The van der Waals surface area contributed by atoms with Crippen LogP contribution in [0.25, 0.3) is 11.3 Å². The van der Waals surface area contributed by atoms with Gasteiger partial charge in [0, 0.05) is 17.2 Å². The third kappa shape index (κ3) is 4.85. The Morgan fingerprint density at radius 1 is 1.00 bits per heavy atom. The third-order valence-corrected chi connectivity index (χ3v) is 4.32. The van der Waals surface area contributed by atoms with E-state index >= 15 is 0 Å². The first-order valence-electron chi connectivity index (χ1n) is 9.17. The van der Waals surface area contributed by atoms with Crippen molar-refractivity contribution in [3.8, 4) is 11.3 Å². The van der Waals surface area contributed by atoms with Gasteiger partial charge < -0.3 is 9.84 Å². The van der Waals surface area contributed by atoms with Gasteiger partial charge in [-0.2, -0.15) is 0 Å². The molecule has 144 valence electrons. The van der Waals surface area contributed by atoms with Gasteiger partial charge in [-0.25, -0.2) is 0 Å². The van der Waals surface area contributed by atoms with Gasteiger partial charge in [-0.15, -0.1) is 0 Å². The van der Waals surface area contributed by atoms with Gasteiger partial charge in [0.25, 0.3) is 5.91 Å². The second-order valence-corrected chi connectivity index (χ2v) is 6.73. The number of rotatable bonds is 6. The third-order valence-electron chi connectivity index (χ3n) is 4.32. The summed E-state index contributed by atoms with van der Waals surface area (Å²) in [5.41, 5.74) is 5.30. The molecule has 6 nitrogen and oxygen atoms in total. The van der Waals surface area contributed by atoms with Gasteiger partial charge in [-0.05, 0) is 38.0 Å². The van der Waals surface area contributed by atoms with Crippen LogP contribution in [-0.4, -0.2) is 23.5 Å². The van der Waals surface area contributed by atoms with Crippen molar-refractivity contribution in [2.75, 3.05) is 11.9 Å². The summed E-state index contributed by atoms with van der Waals surface area (Å²) in [5, 5.41) is 9.19. The number of hydrogen-bond acceptors (Lipinski definition) is 4. The summed E-state index contributed by atoms with van der Waals surface area (Å²) >= 11 is 0. The average Bonchev–Trinajstić information content (AvgIpc) is 3.13. The van der Waals surface area contributed by atoms with Crippen LogP contribution in [0.1, 0.15) is 34.0 Å². The van der Waals surface area contributed by atoms with Crippen LogP contribution in [0.3, 0.4) is 0 Å². The van der Waals surface area contributed by atoms with Crippen molar-refractivity contribution in [3.63, 3.8) is 0 Å². The van der Waals surface area contributed by atoms with E-state index in [4.69, 9.17) is 4.52 Å². The van der Waals surface area contributed by atoms with Gasteiger partial charge >= 0.3 is 0 Å². The zero-order chi connectivity index (χ0) is 20.1. The van der Waals surface area contributed by atoms with Gasteiger partial charge in [-0.1, -0.05) is 53.5 Å². The predicted molar refractivity (Wildman–Crippen MR) is 108 cm³/mol. The highest BCUT2D eigenvalue weighted by Crippen LogP contribution is 2.22. The van der Waals surface area contributed by atoms with E-state index in [1.54, 1.807) is 18.2 Å². The number of hydrogen-bond donors (Lipinski definition) is 2. The van der Waals surface area contributed by atoms with Crippen molar-refractivity contribution in [2.24, 2.45) is 0 Å². The number of aromatic nitrogens is 1. The maximum Gasteiger partial charge on any atom is 0.251 e. The number of nitrogens with one attached hydrogen (secondary N) is 2. The van der Waals surface area contributed by atoms with Gasteiger partial charge in [0.1, 0.15) is 5.69 Å². The Morgan fingerprint density at radius 2 is 1.68 bits per heavy atom. The Kier molecular flexibility index (Phi) is 5.89. The van der Waals surface area contributed by atoms with E-state index in [9.17, 15) is 9.59 Å². The number of aryl methyl sites for hydroxylation is 3. The molecule has 2 aromatic carbocycles. The van der Waals surface area contributed by atoms with Crippen molar-refractivity contribution in [2.45, 2.75) is 27.2 Å². The molecule has 0 radical (unpaired) electrons. The summed E-state index contributed by atoms with van der Waals surface area (Å²) in [6, 6.07) is 15.2. The quantitative estimate of drug-likeness (QED) is 0.683. The molecule has 0 aliphatic heterocycles. The van der Waals surface area contributed by atoms with Crippen LogP contribution in [0.2, 0.25) is 0 Å². The zero-order valence-electron chi connectivity index (χ0n) is 16.2. The molecule has 1 aromatic heterocycles. The SMILES string of the molecule is CCc1ccc(-c2cc(NC(=O)CNC(=O)c3cc(C)cc(C)c3)on2)cc1. The number of benzene rings is 2. The van der Waals surface area contributed by atoms with E-state index in [2.05, 4.69) is 22.7 Å². The second kappa shape index (κ2) is 8.52. The Balaban J connectivity index is 1.56. The summed E-state index contributed by atoms with van der Waals surface area (Å²) in [6.07, 6.45) is 0.967. The van der Waals surface area contributed by atoms with Gasteiger partial charge in [0.15, 0.2) is 0 Å². The van der Waals surface area contributed by atoms with Gasteiger partial charge in [-0.3, -0.25) is 14.9 Å². The Hall–Kier alpha value is -3.41. The zero-order valence-corrected chi connectivity index (χ0v) is 16.2. The minimum atomic E-state index is -0.387. The molecular formula is C22H23N3O3. The maximum absolute atomic E-state index is 12.2. The lowest BCUT2D eigenvalue weighted by Crippen LogP contribution is -2.32. The van der Waals surface area contributed by atoms with Crippen LogP contribution in [0.5, 0.6) is 0 Å². The first kappa shape index (κ1) is 19.4. The molecule has 0 aliphatic carbocycles. The Labute approximate surface area is 163 Å². The smallest absolute Gasteiger partial charge is 0.251 e. The number of carbonyl (C=O) groups excluding carboxylic acids is 2. The highest BCUT2D eigenvalue weighted by atomic mass is 16.5. The number of carbonyl (C=O) groups is 2. The van der Waals surface area contributed by atoms with Crippen molar-refractivity contribution in [1.29, 1.82) is 0 Å². The molecule has 0 aliphatic rings. The topological polar surface area (TPSA) is 84.2 Å². The molecule has 0 unspecified atom stereocenters. The van der Waals surface area contributed by atoms with E-state index in [1.165, 1.54) is 5.56 Å². The van der Waals surface area contributed by atoms with Crippen LogP contribution < -0.4 is 10.6 Å². The lowest BCUT2D eigenvalue weighted by molar-refractivity contribution is -0.115. The Morgan fingerprint density at radius 3 is 2.32 bits per heavy atom. The van der Waals surface area contributed by atoms with Crippen LogP contribution in [0.4, 0.5) is 5.88 Å². The lowest BCUT2D eigenvalue weighted by Gasteiger charge is -2.06. The minimum absolute atomic E-state index is 0.160. The van der Waals surface area contributed by atoms with Crippen LogP contribution in [-0.2, 0) is 11.2 Å². The van der Waals surface area contributed by atoms with E-state index in [0.29, 0.717) is 11.3 Å². The van der Waals surface area contributed by atoms with Gasteiger partial charge in [0.2, 0.25) is 11.8 Å². The molecule has 3 rings (SSSR count). The fourth-order valence-corrected chi connectivity index (χ4v) is 2.93. The highest BCUT2D eigenvalue weighted by Gasteiger charge is 2.12. The summed E-state index contributed by atoms with van der Waals surface area (Å²) < 4.78 is 5.17. The molecule has 0 bridgehead atoms. The van der Waals surface area contributed by atoms with Crippen molar-refractivity contribution >= 4 is 17.7 Å². The van der Waals surface area contributed by atoms with E-state index in [1.807, 2.05) is 44.2 Å². The predicted octanol–water partition coefficient (Wildman–Crippen LogP) is 3.89.